The first-order valence-corrected chi connectivity index (χ1v) is 8.18. The predicted molar refractivity (Wildman–Crippen MR) is 84.8 cm³/mol. The summed E-state index contributed by atoms with van der Waals surface area (Å²) in [6, 6.07) is -0.609. The van der Waals surface area contributed by atoms with Crippen LogP contribution in [0.3, 0.4) is 0 Å². The van der Waals surface area contributed by atoms with E-state index in [4.69, 9.17) is 4.74 Å². The summed E-state index contributed by atoms with van der Waals surface area (Å²) in [5, 5.41) is 15.2. The molecule has 0 aromatic carbocycles. The molecule has 0 aliphatic heterocycles. The predicted octanol–water partition coefficient (Wildman–Crippen LogP) is 2.52. The normalized spacial score (nSPS) is 18.7. The minimum atomic E-state index is -0.845. The van der Waals surface area contributed by atoms with Crippen molar-refractivity contribution in [3.63, 3.8) is 0 Å². The van der Waals surface area contributed by atoms with E-state index >= 15 is 0 Å². The third-order valence-electron chi connectivity index (χ3n) is 3.96. The van der Waals surface area contributed by atoms with Crippen molar-refractivity contribution in [3.05, 3.63) is 0 Å². The second-order valence-corrected chi connectivity index (χ2v) is 7.00. The monoisotopic (exact) mass is 314 g/mol. The average Bonchev–Trinajstić information content (AvgIpc) is 2.90. The Bertz CT molecular complexity index is 373. The smallest absolute Gasteiger partial charge is 0.407 e. The van der Waals surface area contributed by atoms with Crippen LogP contribution in [-0.2, 0) is 9.53 Å². The van der Waals surface area contributed by atoms with Crippen molar-refractivity contribution in [1.29, 1.82) is 0 Å². The molecule has 0 heterocycles. The van der Waals surface area contributed by atoms with Gasteiger partial charge in [0.1, 0.15) is 11.6 Å². The highest BCUT2D eigenvalue weighted by Crippen LogP contribution is 2.28. The van der Waals surface area contributed by atoms with Crippen LogP contribution in [-0.4, -0.2) is 41.4 Å². The van der Waals surface area contributed by atoms with E-state index in [1.165, 1.54) is 12.8 Å². The maximum atomic E-state index is 11.8. The van der Waals surface area contributed by atoms with E-state index in [-0.39, 0.29) is 6.04 Å². The molecule has 0 spiro atoms. The molecule has 1 aliphatic carbocycles. The zero-order valence-corrected chi connectivity index (χ0v) is 14.1. The van der Waals surface area contributed by atoms with Gasteiger partial charge in [-0.2, -0.15) is 0 Å². The number of alkyl carbamates (subject to hydrolysis) is 1. The molecular weight excluding hydrogens is 284 g/mol. The standard InChI is InChI=1S/C16H30N2O4/c1-5-12(14(19)20)18-13(11-8-6-7-9-11)10-17-15(21)22-16(2,3)4/h11-13,18H,5-10H2,1-4H3,(H,17,21)(H,19,20). The van der Waals surface area contributed by atoms with E-state index in [0.717, 1.165) is 12.8 Å². The molecule has 6 heteroatoms. The number of nitrogens with one attached hydrogen (secondary N) is 2. The molecule has 1 saturated carbocycles. The molecule has 2 unspecified atom stereocenters. The van der Waals surface area contributed by atoms with Crippen LogP contribution in [0.25, 0.3) is 0 Å². The fourth-order valence-electron chi connectivity index (χ4n) is 2.85. The molecule has 0 aromatic heterocycles. The lowest BCUT2D eigenvalue weighted by molar-refractivity contribution is -0.139. The van der Waals surface area contributed by atoms with Crippen LogP contribution < -0.4 is 10.6 Å². The van der Waals surface area contributed by atoms with Gasteiger partial charge in [0.25, 0.3) is 0 Å². The maximum Gasteiger partial charge on any atom is 0.407 e. The van der Waals surface area contributed by atoms with Gasteiger partial charge in [-0.3, -0.25) is 10.1 Å². The SMILES string of the molecule is CCC(NC(CNC(=O)OC(C)(C)C)C1CCCC1)C(=O)O. The molecule has 1 fully saturated rings. The Morgan fingerprint density at radius 2 is 1.86 bits per heavy atom. The molecule has 0 radical (unpaired) electrons. The van der Waals surface area contributed by atoms with Crippen LogP contribution in [0.1, 0.15) is 59.8 Å². The van der Waals surface area contributed by atoms with E-state index in [0.29, 0.717) is 18.9 Å². The second-order valence-electron chi connectivity index (χ2n) is 7.00. The maximum absolute atomic E-state index is 11.8. The summed E-state index contributed by atoms with van der Waals surface area (Å²) in [6.45, 7) is 7.69. The third kappa shape index (κ3) is 6.64. The molecule has 1 aliphatic rings. The lowest BCUT2D eigenvalue weighted by Crippen LogP contribution is -2.51. The first-order chi connectivity index (χ1) is 10.2. The Kier molecular flexibility index (Phi) is 7.13. The van der Waals surface area contributed by atoms with Gasteiger partial charge in [0.05, 0.1) is 0 Å². The van der Waals surface area contributed by atoms with Crippen molar-refractivity contribution in [2.24, 2.45) is 5.92 Å². The fourth-order valence-corrected chi connectivity index (χ4v) is 2.85. The van der Waals surface area contributed by atoms with Crippen LogP contribution in [0.2, 0.25) is 0 Å². The molecular formula is C16H30N2O4. The zero-order chi connectivity index (χ0) is 16.8. The van der Waals surface area contributed by atoms with E-state index in [1.54, 1.807) is 0 Å². The van der Waals surface area contributed by atoms with Crippen LogP contribution in [0.4, 0.5) is 4.79 Å². The average molecular weight is 314 g/mol. The van der Waals surface area contributed by atoms with E-state index in [2.05, 4.69) is 10.6 Å². The van der Waals surface area contributed by atoms with Crippen LogP contribution in [0.5, 0.6) is 0 Å². The molecule has 22 heavy (non-hydrogen) atoms. The largest absolute Gasteiger partial charge is 0.480 e. The Labute approximate surface area is 133 Å². The Morgan fingerprint density at radius 1 is 1.27 bits per heavy atom. The highest BCUT2D eigenvalue weighted by molar-refractivity contribution is 5.73. The van der Waals surface area contributed by atoms with E-state index in [9.17, 15) is 14.7 Å². The molecule has 0 aromatic rings. The number of hydrogen-bond acceptors (Lipinski definition) is 4. The lowest BCUT2D eigenvalue weighted by Gasteiger charge is -2.28. The zero-order valence-electron chi connectivity index (χ0n) is 14.1. The summed E-state index contributed by atoms with van der Waals surface area (Å²) in [6.07, 6.45) is 4.54. The van der Waals surface area contributed by atoms with Crippen LogP contribution >= 0.6 is 0 Å². The summed E-state index contributed by atoms with van der Waals surface area (Å²) >= 11 is 0. The van der Waals surface area contributed by atoms with Crippen LogP contribution in [0, 0.1) is 5.92 Å². The van der Waals surface area contributed by atoms with Gasteiger partial charge in [-0.1, -0.05) is 19.8 Å². The first-order valence-electron chi connectivity index (χ1n) is 8.18. The summed E-state index contributed by atoms with van der Waals surface area (Å²) in [4.78, 5) is 23.0. The summed E-state index contributed by atoms with van der Waals surface area (Å²) in [7, 11) is 0. The lowest BCUT2D eigenvalue weighted by atomic mass is 9.96. The fraction of sp³-hybridized carbons (Fsp3) is 0.875. The number of hydrogen-bond donors (Lipinski definition) is 3. The molecule has 0 saturated heterocycles. The van der Waals surface area contributed by atoms with Crippen LogP contribution in [0.15, 0.2) is 0 Å². The highest BCUT2D eigenvalue weighted by atomic mass is 16.6. The molecule has 0 bridgehead atoms. The number of aliphatic carboxylic acids is 1. The van der Waals surface area contributed by atoms with Crippen molar-refractivity contribution in [2.75, 3.05) is 6.54 Å². The van der Waals surface area contributed by atoms with Crippen molar-refractivity contribution in [3.8, 4) is 0 Å². The van der Waals surface area contributed by atoms with E-state index in [1.807, 2.05) is 27.7 Å². The van der Waals surface area contributed by atoms with Gasteiger partial charge in [-0.05, 0) is 46.0 Å². The first kappa shape index (κ1) is 18.7. The molecule has 1 rings (SSSR count). The number of carboxylic acid groups (broad SMARTS) is 1. The summed E-state index contributed by atoms with van der Waals surface area (Å²) in [5.74, 6) is -0.439. The van der Waals surface area contributed by atoms with Crippen molar-refractivity contribution < 1.29 is 19.4 Å². The highest BCUT2D eigenvalue weighted by Gasteiger charge is 2.29. The quantitative estimate of drug-likeness (QED) is 0.672. The Morgan fingerprint density at radius 3 is 2.32 bits per heavy atom. The van der Waals surface area contributed by atoms with Crippen molar-refractivity contribution in [1.82, 2.24) is 10.6 Å². The molecule has 2 atom stereocenters. The number of carbonyl (C=O) groups excluding carboxylic acids is 1. The third-order valence-corrected chi connectivity index (χ3v) is 3.96. The Balaban J connectivity index is 2.58. The number of carbonyl (C=O) groups is 2. The number of carboxylic acids is 1. The topological polar surface area (TPSA) is 87.7 Å². The van der Waals surface area contributed by atoms with Gasteiger partial charge >= 0.3 is 12.1 Å². The summed E-state index contributed by atoms with van der Waals surface area (Å²) < 4.78 is 5.24. The molecule has 128 valence electrons. The summed E-state index contributed by atoms with van der Waals surface area (Å²) in [5.41, 5.74) is -0.534. The van der Waals surface area contributed by atoms with Gasteiger partial charge in [-0.25, -0.2) is 4.79 Å². The minimum absolute atomic E-state index is 0.0314. The minimum Gasteiger partial charge on any atom is -0.480 e. The molecule has 6 nitrogen and oxygen atoms in total. The van der Waals surface area contributed by atoms with Crippen molar-refractivity contribution in [2.45, 2.75) is 77.5 Å². The van der Waals surface area contributed by atoms with Crippen molar-refractivity contribution >= 4 is 12.1 Å². The number of ether oxygens (including phenoxy) is 1. The van der Waals surface area contributed by atoms with Gasteiger partial charge in [0.15, 0.2) is 0 Å². The second kappa shape index (κ2) is 8.36. The Hall–Kier alpha value is -1.30. The van der Waals surface area contributed by atoms with Gasteiger partial charge in [0, 0.05) is 12.6 Å². The molecule has 1 amide bonds. The van der Waals surface area contributed by atoms with Gasteiger partial charge in [0.2, 0.25) is 0 Å². The van der Waals surface area contributed by atoms with Gasteiger partial charge in [-0.15, -0.1) is 0 Å². The van der Waals surface area contributed by atoms with Gasteiger partial charge < -0.3 is 15.2 Å². The number of amides is 1. The molecule has 3 N–H and O–H groups in total. The number of rotatable bonds is 7. The van der Waals surface area contributed by atoms with E-state index < -0.39 is 23.7 Å².